The summed E-state index contributed by atoms with van der Waals surface area (Å²) in [5, 5.41) is 15.1. The summed E-state index contributed by atoms with van der Waals surface area (Å²) in [7, 11) is -4.38. The summed E-state index contributed by atoms with van der Waals surface area (Å²) < 4.78 is 28.6. The fourth-order valence-corrected chi connectivity index (χ4v) is 5.61. The maximum Gasteiger partial charge on any atom is 0.292 e. The molecule has 1 unspecified atom stereocenters. The topological polar surface area (TPSA) is 89.3 Å². The Morgan fingerprint density at radius 2 is 1.68 bits per heavy atom. The van der Waals surface area contributed by atoms with Gasteiger partial charge in [-0.2, -0.15) is 16.1 Å². The van der Waals surface area contributed by atoms with Crippen LogP contribution < -0.4 is 4.72 Å². The van der Waals surface area contributed by atoms with Crippen molar-refractivity contribution in [2.75, 3.05) is 0 Å². The summed E-state index contributed by atoms with van der Waals surface area (Å²) in [6.45, 7) is 0. The molecule has 0 aliphatic carbocycles. The van der Waals surface area contributed by atoms with Crippen LogP contribution in [0.4, 0.5) is 5.69 Å². The second-order valence-corrected chi connectivity index (χ2v) is 9.37. The van der Waals surface area contributed by atoms with Gasteiger partial charge in [0.2, 0.25) is 10.0 Å². The van der Waals surface area contributed by atoms with Crippen molar-refractivity contribution < 1.29 is 13.3 Å². The molecule has 0 fully saturated rings. The maximum absolute atomic E-state index is 13.1. The molecule has 0 spiro atoms. The van der Waals surface area contributed by atoms with Crippen molar-refractivity contribution in [1.29, 1.82) is 0 Å². The molecule has 3 aromatic rings. The van der Waals surface area contributed by atoms with Crippen LogP contribution in [0, 0.1) is 10.1 Å². The zero-order chi connectivity index (χ0) is 20.5. The van der Waals surface area contributed by atoms with Gasteiger partial charge >= 0.3 is 0 Å². The normalized spacial score (nSPS) is 12.7. The Hall–Kier alpha value is -1.68. The number of hydrogen-bond acceptors (Lipinski definition) is 5. The molecule has 3 rings (SSSR count). The van der Waals surface area contributed by atoms with Gasteiger partial charge in [0, 0.05) is 16.1 Å². The Balaban J connectivity index is 2.11. The number of benzene rings is 2. The monoisotopic (exact) mass is 476 g/mol. The zero-order valence-electron chi connectivity index (χ0n) is 13.8. The Kier molecular flexibility index (Phi) is 6.28. The number of nitrogens with one attached hydrogen (secondary N) is 1. The highest BCUT2D eigenvalue weighted by molar-refractivity contribution is 7.89. The summed E-state index contributed by atoms with van der Waals surface area (Å²) in [5.41, 5.74) is 0.577. The summed E-state index contributed by atoms with van der Waals surface area (Å²) in [4.78, 5) is 9.90. The van der Waals surface area contributed by atoms with Crippen molar-refractivity contribution in [3.8, 4) is 0 Å². The SMILES string of the molecule is O=[N+]([O-])c1cc(Cl)cc(Cl)c1S(=O)(=O)NC(c1ccc(Cl)cc1)c1ccsc1. The standard InChI is InChI=1S/C17H11Cl3N2O4S2/c18-12-3-1-10(2-4-12)16(11-5-6-27-9-11)21-28(25,26)17-14(20)7-13(19)8-15(17)22(23)24/h1-9,16,21H. The van der Waals surface area contributed by atoms with E-state index in [-0.39, 0.29) is 10.0 Å². The van der Waals surface area contributed by atoms with Gasteiger partial charge in [0.1, 0.15) is 0 Å². The smallest absolute Gasteiger partial charge is 0.258 e. The molecule has 0 radical (unpaired) electrons. The molecule has 1 aromatic heterocycles. The van der Waals surface area contributed by atoms with Crippen LogP contribution in [0.3, 0.4) is 0 Å². The predicted molar refractivity (Wildman–Crippen MR) is 111 cm³/mol. The van der Waals surface area contributed by atoms with Gasteiger partial charge in [0.05, 0.1) is 16.0 Å². The number of halogens is 3. The van der Waals surface area contributed by atoms with E-state index in [1.165, 1.54) is 11.3 Å². The van der Waals surface area contributed by atoms with E-state index >= 15 is 0 Å². The molecule has 0 aliphatic rings. The lowest BCUT2D eigenvalue weighted by Crippen LogP contribution is -2.30. The highest BCUT2D eigenvalue weighted by atomic mass is 35.5. The van der Waals surface area contributed by atoms with Gasteiger partial charge < -0.3 is 0 Å². The molecular formula is C17H11Cl3N2O4S2. The number of nitro groups is 1. The average Bonchev–Trinajstić information content (AvgIpc) is 3.14. The lowest BCUT2D eigenvalue weighted by Gasteiger charge is -2.19. The molecule has 0 amide bonds. The van der Waals surface area contributed by atoms with Crippen molar-refractivity contribution >= 4 is 61.9 Å². The van der Waals surface area contributed by atoms with Gasteiger partial charge in [0.15, 0.2) is 4.90 Å². The molecule has 0 saturated heterocycles. The highest BCUT2D eigenvalue weighted by Gasteiger charge is 2.32. The van der Waals surface area contributed by atoms with E-state index < -0.39 is 31.6 Å². The fourth-order valence-electron chi connectivity index (χ4n) is 2.59. The third kappa shape index (κ3) is 4.48. The Morgan fingerprint density at radius 1 is 1.00 bits per heavy atom. The Morgan fingerprint density at radius 3 is 2.25 bits per heavy atom. The lowest BCUT2D eigenvalue weighted by atomic mass is 10.0. The first-order valence-corrected chi connectivity index (χ1v) is 11.2. The van der Waals surface area contributed by atoms with Crippen molar-refractivity contribution in [2.24, 2.45) is 0 Å². The largest absolute Gasteiger partial charge is 0.292 e. The third-order valence-electron chi connectivity index (χ3n) is 3.81. The number of nitro benzene ring substituents is 1. The molecule has 6 nitrogen and oxygen atoms in total. The fraction of sp³-hybridized carbons (Fsp3) is 0.0588. The second kappa shape index (κ2) is 8.36. The first-order valence-electron chi connectivity index (χ1n) is 7.62. The minimum atomic E-state index is -4.38. The van der Waals surface area contributed by atoms with E-state index in [9.17, 15) is 18.5 Å². The van der Waals surface area contributed by atoms with Crippen molar-refractivity contribution in [3.63, 3.8) is 0 Å². The number of rotatable bonds is 6. The Bertz CT molecular complexity index is 1120. The number of thiophene rings is 1. The van der Waals surface area contributed by atoms with Gasteiger partial charge in [-0.3, -0.25) is 10.1 Å². The molecule has 1 N–H and O–H groups in total. The van der Waals surface area contributed by atoms with Gasteiger partial charge in [0.25, 0.3) is 5.69 Å². The number of sulfonamides is 1. The third-order valence-corrected chi connectivity index (χ3v) is 6.90. The first-order chi connectivity index (χ1) is 13.2. The molecule has 1 atom stereocenters. The highest BCUT2D eigenvalue weighted by Crippen LogP contribution is 2.36. The van der Waals surface area contributed by atoms with Crippen LogP contribution in [0.25, 0.3) is 0 Å². The van der Waals surface area contributed by atoms with Gasteiger partial charge in [-0.25, -0.2) is 8.42 Å². The molecule has 28 heavy (non-hydrogen) atoms. The van der Waals surface area contributed by atoms with Crippen LogP contribution in [0.5, 0.6) is 0 Å². The quantitative estimate of drug-likeness (QED) is 0.365. The average molecular weight is 478 g/mol. The van der Waals surface area contributed by atoms with Crippen LogP contribution in [0.15, 0.2) is 58.1 Å². The summed E-state index contributed by atoms with van der Waals surface area (Å²) in [6, 6.07) is 9.65. The second-order valence-electron chi connectivity index (χ2n) is 5.66. The minimum Gasteiger partial charge on any atom is -0.258 e. The minimum absolute atomic E-state index is 0.0391. The van der Waals surface area contributed by atoms with Gasteiger partial charge in [-0.05, 0) is 46.2 Å². The van der Waals surface area contributed by atoms with Crippen LogP contribution in [0.1, 0.15) is 17.2 Å². The molecule has 11 heteroatoms. The van der Waals surface area contributed by atoms with Gasteiger partial charge in [-0.15, -0.1) is 0 Å². The molecular weight excluding hydrogens is 467 g/mol. The molecule has 0 bridgehead atoms. The van der Waals surface area contributed by atoms with E-state index in [1.807, 2.05) is 0 Å². The summed E-state index contributed by atoms with van der Waals surface area (Å²) >= 11 is 19.1. The molecule has 2 aromatic carbocycles. The van der Waals surface area contributed by atoms with Crippen LogP contribution >= 0.6 is 46.1 Å². The summed E-state index contributed by atoms with van der Waals surface area (Å²) in [6.07, 6.45) is 0. The van der Waals surface area contributed by atoms with Crippen LogP contribution in [0.2, 0.25) is 15.1 Å². The lowest BCUT2D eigenvalue weighted by molar-refractivity contribution is -0.387. The van der Waals surface area contributed by atoms with Crippen LogP contribution in [-0.4, -0.2) is 13.3 Å². The van der Waals surface area contributed by atoms with Crippen molar-refractivity contribution in [2.45, 2.75) is 10.9 Å². The van der Waals surface area contributed by atoms with E-state index in [1.54, 1.807) is 41.1 Å². The zero-order valence-corrected chi connectivity index (χ0v) is 17.7. The number of hydrogen-bond donors (Lipinski definition) is 1. The van der Waals surface area contributed by atoms with Crippen molar-refractivity contribution in [3.05, 3.63) is 89.5 Å². The summed E-state index contributed by atoms with van der Waals surface area (Å²) in [5.74, 6) is 0. The van der Waals surface area contributed by atoms with E-state index in [4.69, 9.17) is 34.8 Å². The number of nitrogens with zero attached hydrogens (tertiary/aromatic N) is 1. The van der Waals surface area contributed by atoms with E-state index in [0.29, 0.717) is 16.1 Å². The van der Waals surface area contributed by atoms with E-state index in [0.717, 1.165) is 12.1 Å². The Labute approximate surface area is 179 Å². The van der Waals surface area contributed by atoms with Crippen LogP contribution in [-0.2, 0) is 10.0 Å². The van der Waals surface area contributed by atoms with E-state index in [2.05, 4.69) is 4.72 Å². The molecule has 0 saturated carbocycles. The maximum atomic E-state index is 13.1. The molecule has 0 aliphatic heterocycles. The first kappa shape index (κ1) is 21.0. The molecule has 146 valence electrons. The predicted octanol–water partition coefficient (Wildman–Crippen LogP) is 5.68. The van der Waals surface area contributed by atoms with Gasteiger partial charge in [-0.1, -0.05) is 46.9 Å². The van der Waals surface area contributed by atoms with Crippen molar-refractivity contribution in [1.82, 2.24) is 4.72 Å². The molecule has 1 heterocycles.